The number of hydrogen-bond acceptors (Lipinski definition) is 4. The van der Waals surface area contributed by atoms with Crippen LogP contribution in [0.15, 0.2) is 48.5 Å². The van der Waals surface area contributed by atoms with Crippen molar-refractivity contribution in [2.24, 2.45) is 5.73 Å². The molecule has 32 heavy (non-hydrogen) atoms. The number of nitrogens with two attached hydrogens (primary N) is 1. The number of alkyl halides is 3. The van der Waals surface area contributed by atoms with Gasteiger partial charge in [-0.25, -0.2) is 0 Å². The van der Waals surface area contributed by atoms with E-state index in [0.29, 0.717) is 37.2 Å². The Morgan fingerprint density at radius 2 is 1.84 bits per heavy atom. The average molecular weight is 445 g/mol. The summed E-state index contributed by atoms with van der Waals surface area (Å²) in [5.74, 6) is -0.953. The fraction of sp³-hybridized carbons (Fsp3) is 0.304. The standard InChI is InChI=1S/C23H22F3N3O3/c24-23(25,26)16-4-2-1-3-14(16)6-8-19(30)29-11-9-22(10-12-29)17-7-5-15(20(27)31)13-18(17)28-21(22)32/h1-8,13,21,28,32H,9-12H2,(H2,27,31)/b8-6+. The normalized spacial score (nSPS) is 19.8. The molecule has 0 bridgehead atoms. The second kappa shape index (κ2) is 7.98. The quantitative estimate of drug-likeness (QED) is 0.633. The van der Waals surface area contributed by atoms with Gasteiger partial charge in [0, 0.05) is 35.8 Å². The van der Waals surface area contributed by atoms with Crippen molar-refractivity contribution >= 4 is 23.6 Å². The molecule has 2 amide bonds. The summed E-state index contributed by atoms with van der Waals surface area (Å²) in [6, 6.07) is 10.1. The van der Waals surface area contributed by atoms with Crippen LogP contribution in [0.2, 0.25) is 0 Å². The largest absolute Gasteiger partial charge is 0.416 e. The van der Waals surface area contributed by atoms with E-state index in [1.54, 1.807) is 23.1 Å². The van der Waals surface area contributed by atoms with E-state index in [1.807, 2.05) is 0 Å². The third-order valence-electron chi connectivity index (χ3n) is 6.30. The maximum atomic E-state index is 13.1. The summed E-state index contributed by atoms with van der Waals surface area (Å²) < 4.78 is 39.4. The summed E-state index contributed by atoms with van der Waals surface area (Å²) in [4.78, 5) is 25.6. The van der Waals surface area contributed by atoms with Crippen LogP contribution in [-0.2, 0) is 16.4 Å². The minimum absolute atomic E-state index is 0.0728. The number of rotatable bonds is 3. The summed E-state index contributed by atoms with van der Waals surface area (Å²) in [6.45, 7) is 0.666. The van der Waals surface area contributed by atoms with E-state index in [-0.39, 0.29) is 11.5 Å². The van der Waals surface area contributed by atoms with E-state index in [1.165, 1.54) is 24.3 Å². The van der Waals surface area contributed by atoms with Crippen molar-refractivity contribution < 1.29 is 27.9 Å². The van der Waals surface area contributed by atoms with Gasteiger partial charge >= 0.3 is 6.18 Å². The Labute approximate surface area is 182 Å². The monoisotopic (exact) mass is 445 g/mol. The zero-order chi connectivity index (χ0) is 23.1. The first-order valence-corrected chi connectivity index (χ1v) is 10.1. The molecule has 4 rings (SSSR count). The Morgan fingerprint density at radius 1 is 1.16 bits per heavy atom. The SMILES string of the molecule is NC(=O)c1ccc2c(c1)NC(O)C21CCN(C(=O)/C=C/c2ccccc2C(F)(F)F)CC1. The molecule has 2 aliphatic rings. The molecule has 1 spiro atoms. The Balaban J connectivity index is 1.48. The third kappa shape index (κ3) is 3.84. The molecule has 1 atom stereocenters. The number of amides is 2. The molecule has 2 heterocycles. The van der Waals surface area contributed by atoms with Gasteiger partial charge in [-0.2, -0.15) is 13.2 Å². The number of benzene rings is 2. The van der Waals surface area contributed by atoms with E-state index in [4.69, 9.17) is 5.73 Å². The summed E-state index contributed by atoms with van der Waals surface area (Å²) in [7, 11) is 0. The second-order valence-electron chi connectivity index (χ2n) is 8.07. The number of nitrogens with zero attached hydrogens (tertiary/aromatic N) is 1. The molecular formula is C23H22F3N3O3. The summed E-state index contributed by atoms with van der Waals surface area (Å²) in [5.41, 5.74) is 5.66. The van der Waals surface area contributed by atoms with Crippen molar-refractivity contribution in [2.75, 3.05) is 18.4 Å². The van der Waals surface area contributed by atoms with Gasteiger partial charge in [-0.1, -0.05) is 24.3 Å². The van der Waals surface area contributed by atoms with Crippen molar-refractivity contribution in [2.45, 2.75) is 30.7 Å². The van der Waals surface area contributed by atoms with Crippen LogP contribution in [0.1, 0.15) is 39.9 Å². The van der Waals surface area contributed by atoms with Gasteiger partial charge in [-0.15, -0.1) is 0 Å². The molecule has 6 nitrogen and oxygen atoms in total. The lowest BCUT2D eigenvalue weighted by atomic mass is 9.73. The molecule has 0 aliphatic carbocycles. The maximum Gasteiger partial charge on any atom is 0.416 e. The van der Waals surface area contributed by atoms with Crippen LogP contribution in [0.5, 0.6) is 0 Å². The van der Waals surface area contributed by atoms with E-state index >= 15 is 0 Å². The molecule has 2 aromatic rings. The van der Waals surface area contributed by atoms with Crippen LogP contribution < -0.4 is 11.1 Å². The van der Waals surface area contributed by atoms with E-state index in [9.17, 15) is 27.9 Å². The minimum Gasteiger partial charge on any atom is -0.373 e. The van der Waals surface area contributed by atoms with E-state index in [0.717, 1.165) is 17.7 Å². The molecule has 9 heteroatoms. The highest BCUT2D eigenvalue weighted by Gasteiger charge is 2.48. The number of nitrogens with one attached hydrogen (secondary N) is 1. The van der Waals surface area contributed by atoms with Gasteiger partial charge in [0.2, 0.25) is 11.8 Å². The highest BCUT2D eigenvalue weighted by molar-refractivity contribution is 5.94. The van der Waals surface area contributed by atoms with Gasteiger partial charge in [-0.05, 0) is 48.2 Å². The predicted molar refractivity (Wildman–Crippen MR) is 113 cm³/mol. The van der Waals surface area contributed by atoms with Crippen molar-refractivity contribution in [1.29, 1.82) is 0 Å². The Hall–Kier alpha value is -3.33. The number of piperidine rings is 1. The molecule has 2 aliphatic heterocycles. The molecule has 0 aromatic heterocycles. The predicted octanol–water partition coefficient (Wildman–Crippen LogP) is 3.12. The third-order valence-corrected chi connectivity index (χ3v) is 6.30. The van der Waals surface area contributed by atoms with Crippen molar-refractivity contribution in [3.05, 3.63) is 70.8 Å². The number of carbonyl (C=O) groups excluding carboxylic acids is 2. The van der Waals surface area contributed by atoms with E-state index in [2.05, 4.69) is 5.32 Å². The van der Waals surface area contributed by atoms with Crippen LogP contribution in [0, 0.1) is 0 Å². The highest BCUT2D eigenvalue weighted by Crippen LogP contribution is 2.47. The summed E-state index contributed by atoms with van der Waals surface area (Å²) in [6.07, 6.45) is -2.13. The fourth-order valence-corrected chi connectivity index (χ4v) is 4.52. The van der Waals surface area contributed by atoms with Crippen molar-refractivity contribution in [1.82, 2.24) is 4.90 Å². The smallest absolute Gasteiger partial charge is 0.373 e. The Morgan fingerprint density at radius 3 is 2.50 bits per heavy atom. The lowest BCUT2D eigenvalue weighted by Gasteiger charge is -2.41. The summed E-state index contributed by atoms with van der Waals surface area (Å²) >= 11 is 0. The number of aliphatic hydroxyl groups is 1. The number of anilines is 1. The van der Waals surface area contributed by atoms with Crippen LogP contribution in [0.3, 0.4) is 0 Å². The number of likely N-dealkylation sites (tertiary alicyclic amines) is 1. The van der Waals surface area contributed by atoms with Gasteiger partial charge in [-0.3, -0.25) is 9.59 Å². The van der Waals surface area contributed by atoms with Crippen LogP contribution in [0.4, 0.5) is 18.9 Å². The first-order chi connectivity index (χ1) is 15.1. The Bertz CT molecular complexity index is 1090. The molecule has 4 N–H and O–H groups in total. The number of primary amides is 1. The van der Waals surface area contributed by atoms with Gasteiger partial charge in [0.25, 0.3) is 0 Å². The molecular weight excluding hydrogens is 423 g/mol. The van der Waals surface area contributed by atoms with Crippen molar-refractivity contribution in [3.8, 4) is 0 Å². The number of hydrogen-bond donors (Lipinski definition) is 3. The second-order valence-corrected chi connectivity index (χ2v) is 8.07. The molecule has 0 radical (unpaired) electrons. The average Bonchev–Trinajstić information content (AvgIpc) is 3.02. The summed E-state index contributed by atoms with van der Waals surface area (Å²) in [5, 5.41) is 13.7. The topological polar surface area (TPSA) is 95.7 Å². The number of carbonyl (C=O) groups is 2. The van der Waals surface area contributed by atoms with Crippen LogP contribution >= 0.6 is 0 Å². The lowest BCUT2D eigenvalue weighted by molar-refractivity contribution is -0.137. The Kier molecular flexibility index (Phi) is 5.46. The molecule has 1 unspecified atom stereocenters. The molecule has 168 valence electrons. The van der Waals surface area contributed by atoms with Crippen molar-refractivity contribution in [3.63, 3.8) is 0 Å². The first kappa shape index (κ1) is 21.9. The maximum absolute atomic E-state index is 13.1. The van der Waals surface area contributed by atoms with Gasteiger partial charge in [0.15, 0.2) is 0 Å². The highest BCUT2D eigenvalue weighted by atomic mass is 19.4. The van der Waals surface area contributed by atoms with Gasteiger partial charge in [0.1, 0.15) is 6.23 Å². The zero-order valence-corrected chi connectivity index (χ0v) is 17.0. The van der Waals surface area contributed by atoms with Gasteiger partial charge < -0.3 is 21.1 Å². The van der Waals surface area contributed by atoms with Crippen LogP contribution in [-0.4, -0.2) is 41.1 Å². The molecule has 1 saturated heterocycles. The molecule has 1 fully saturated rings. The number of halogens is 3. The lowest BCUT2D eigenvalue weighted by Crippen LogP contribution is -2.49. The molecule has 2 aromatic carbocycles. The van der Waals surface area contributed by atoms with Gasteiger partial charge in [0.05, 0.1) is 5.56 Å². The zero-order valence-electron chi connectivity index (χ0n) is 17.0. The number of fused-ring (bicyclic) bond motifs is 2. The van der Waals surface area contributed by atoms with Crippen LogP contribution in [0.25, 0.3) is 6.08 Å². The molecule has 0 saturated carbocycles. The minimum atomic E-state index is -4.51. The fourth-order valence-electron chi connectivity index (χ4n) is 4.52. The number of aliphatic hydroxyl groups excluding tert-OH is 1. The first-order valence-electron chi connectivity index (χ1n) is 10.1. The van der Waals surface area contributed by atoms with E-state index < -0.39 is 29.3 Å².